The Hall–Kier alpha value is -2.36. The predicted octanol–water partition coefficient (Wildman–Crippen LogP) is 2.71. The highest BCUT2D eigenvalue weighted by atomic mass is 19.1. The smallest absolute Gasteiger partial charge is 0.253 e. The van der Waals surface area contributed by atoms with E-state index in [4.69, 9.17) is 0 Å². The van der Waals surface area contributed by atoms with Crippen LogP contribution in [0.3, 0.4) is 0 Å². The zero-order valence-electron chi connectivity index (χ0n) is 12.2. The minimum atomic E-state index is -0.312. The summed E-state index contributed by atoms with van der Waals surface area (Å²) in [6.07, 6.45) is 0.989. The van der Waals surface area contributed by atoms with Crippen LogP contribution < -0.4 is 4.90 Å². The Bertz CT molecular complexity index is 713. The Kier molecular flexibility index (Phi) is 3.10. The molecule has 0 aromatic heterocycles. The van der Waals surface area contributed by atoms with Crippen LogP contribution in [0.15, 0.2) is 48.5 Å². The van der Waals surface area contributed by atoms with Crippen LogP contribution >= 0.6 is 0 Å². The van der Waals surface area contributed by atoms with Gasteiger partial charge in [0.15, 0.2) is 0 Å². The molecule has 3 nitrogen and oxygen atoms in total. The van der Waals surface area contributed by atoms with E-state index in [9.17, 15) is 9.18 Å². The quantitative estimate of drug-likeness (QED) is 0.808. The average Bonchev–Trinajstić information content (AvgIpc) is 2.92. The number of para-hydroxylation sites is 1. The molecule has 4 rings (SSSR count). The molecular formula is C18H17FN2O. The van der Waals surface area contributed by atoms with Crippen molar-refractivity contribution in [3.05, 3.63) is 65.5 Å². The van der Waals surface area contributed by atoms with Crippen molar-refractivity contribution in [3.63, 3.8) is 0 Å². The van der Waals surface area contributed by atoms with Gasteiger partial charge in [0.2, 0.25) is 0 Å². The van der Waals surface area contributed by atoms with Crippen molar-refractivity contribution in [2.45, 2.75) is 12.5 Å². The number of halogens is 1. The maximum Gasteiger partial charge on any atom is 0.253 e. The van der Waals surface area contributed by atoms with Gasteiger partial charge in [0.05, 0.1) is 6.04 Å². The summed E-state index contributed by atoms with van der Waals surface area (Å²) in [7, 11) is 0. The number of fused-ring (bicyclic) bond motifs is 3. The third-order valence-electron chi connectivity index (χ3n) is 4.62. The van der Waals surface area contributed by atoms with Crippen LogP contribution in [-0.4, -0.2) is 36.5 Å². The number of hydrogen-bond donors (Lipinski definition) is 0. The molecule has 2 aliphatic heterocycles. The molecule has 1 saturated heterocycles. The second-order valence-electron chi connectivity index (χ2n) is 5.94. The second kappa shape index (κ2) is 5.13. The third kappa shape index (κ3) is 2.15. The van der Waals surface area contributed by atoms with Gasteiger partial charge in [0.1, 0.15) is 5.82 Å². The van der Waals surface area contributed by atoms with Crippen LogP contribution in [0.5, 0.6) is 0 Å². The molecule has 1 amide bonds. The highest BCUT2D eigenvalue weighted by Gasteiger charge is 2.35. The van der Waals surface area contributed by atoms with Crippen LogP contribution in [0.4, 0.5) is 10.1 Å². The molecule has 2 aromatic rings. The zero-order chi connectivity index (χ0) is 15.1. The number of nitrogens with zero attached hydrogens (tertiary/aromatic N) is 2. The molecule has 22 heavy (non-hydrogen) atoms. The first kappa shape index (κ1) is 13.3. The molecule has 0 saturated carbocycles. The average molecular weight is 296 g/mol. The Morgan fingerprint density at radius 2 is 1.82 bits per heavy atom. The highest BCUT2D eigenvalue weighted by molar-refractivity contribution is 5.94. The number of anilines is 1. The van der Waals surface area contributed by atoms with Crippen LogP contribution in [0, 0.1) is 5.82 Å². The molecule has 2 heterocycles. The van der Waals surface area contributed by atoms with Crippen molar-refractivity contribution in [1.29, 1.82) is 0 Å². The molecule has 2 aliphatic rings. The predicted molar refractivity (Wildman–Crippen MR) is 83.6 cm³/mol. The lowest BCUT2D eigenvalue weighted by atomic mass is 10.1. The third-order valence-corrected chi connectivity index (χ3v) is 4.62. The van der Waals surface area contributed by atoms with Gasteiger partial charge in [0, 0.05) is 30.9 Å². The van der Waals surface area contributed by atoms with Crippen molar-refractivity contribution in [1.82, 2.24) is 4.90 Å². The van der Waals surface area contributed by atoms with Crippen LogP contribution in [0.1, 0.15) is 15.9 Å². The molecule has 0 bridgehead atoms. The zero-order valence-corrected chi connectivity index (χ0v) is 12.2. The maximum absolute atomic E-state index is 13.0. The van der Waals surface area contributed by atoms with E-state index >= 15 is 0 Å². The van der Waals surface area contributed by atoms with Crippen molar-refractivity contribution >= 4 is 11.6 Å². The van der Waals surface area contributed by atoms with Gasteiger partial charge in [-0.1, -0.05) is 18.2 Å². The summed E-state index contributed by atoms with van der Waals surface area (Å²) in [4.78, 5) is 16.9. The number of piperazine rings is 1. The number of hydrogen-bond acceptors (Lipinski definition) is 2. The van der Waals surface area contributed by atoms with E-state index in [0.717, 1.165) is 19.5 Å². The SMILES string of the molecule is O=C(c1ccc(F)cc1)N1CCN2c3ccccc3CC2C1. The van der Waals surface area contributed by atoms with Crippen LogP contribution in [0.2, 0.25) is 0 Å². The summed E-state index contributed by atoms with van der Waals surface area (Å²) in [5.41, 5.74) is 3.23. The summed E-state index contributed by atoms with van der Waals surface area (Å²) in [6.45, 7) is 2.29. The molecule has 2 aromatic carbocycles. The second-order valence-corrected chi connectivity index (χ2v) is 5.94. The number of rotatable bonds is 1. The molecule has 112 valence electrons. The van der Waals surface area contributed by atoms with Crippen molar-refractivity contribution in [2.24, 2.45) is 0 Å². The number of carbonyl (C=O) groups excluding carboxylic acids is 1. The Morgan fingerprint density at radius 1 is 1.05 bits per heavy atom. The molecule has 0 aliphatic carbocycles. The fourth-order valence-electron chi connectivity index (χ4n) is 3.52. The molecule has 0 spiro atoms. The lowest BCUT2D eigenvalue weighted by Crippen LogP contribution is -2.53. The Labute approximate surface area is 129 Å². The molecule has 1 fully saturated rings. The van der Waals surface area contributed by atoms with Crippen LogP contribution in [-0.2, 0) is 6.42 Å². The largest absolute Gasteiger partial charge is 0.364 e. The van der Waals surface area contributed by atoms with Crippen molar-refractivity contribution < 1.29 is 9.18 Å². The lowest BCUT2D eigenvalue weighted by Gasteiger charge is -2.39. The van der Waals surface area contributed by atoms with Gasteiger partial charge in [-0.25, -0.2) is 4.39 Å². The van der Waals surface area contributed by atoms with Gasteiger partial charge >= 0.3 is 0 Å². The van der Waals surface area contributed by atoms with Gasteiger partial charge in [-0.15, -0.1) is 0 Å². The van der Waals surface area contributed by atoms with E-state index in [1.165, 1.54) is 23.4 Å². The van der Waals surface area contributed by atoms with E-state index < -0.39 is 0 Å². The summed E-state index contributed by atoms with van der Waals surface area (Å²) in [5, 5.41) is 0. The first-order chi connectivity index (χ1) is 10.7. The summed E-state index contributed by atoms with van der Waals surface area (Å²) >= 11 is 0. The molecular weight excluding hydrogens is 279 g/mol. The fourth-order valence-corrected chi connectivity index (χ4v) is 3.52. The monoisotopic (exact) mass is 296 g/mol. The maximum atomic E-state index is 13.0. The van der Waals surface area contributed by atoms with Gasteiger partial charge < -0.3 is 9.80 Å². The highest BCUT2D eigenvalue weighted by Crippen LogP contribution is 2.34. The normalized spacial score (nSPS) is 19.8. The standard InChI is InChI=1S/C18H17FN2O/c19-15-7-5-13(6-8-15)18(22)20-9-10-21-16(12-20)11-14-3-1-2-4-17(14)21/h1-8,16H,9-12H2. The van der Waals surface area contributed by atoms with E-state index in [2.05, 4.69) is 29.2 Å². The lowest BCUT2D eigenvalue weighted by molar-refractivity contribution is 0.0725. The molecule has 0 N–H and O–H groups in total. The van der Waals surface area contributed by atoms with Gasteiger partial charge in [-0.3, -0.25) is 4.79 Å². The molecule has 1 atom stereocenters. The number of carbonyl (C=O) groups is 1. The molecule has 4 heteroatoms. The van der Waals surface area contributed by atoms with Gasteiger partial charge in [0.25, 0.3) is 5.91 Å². The van der Waals surface area contributed by atoms with Crippen molar-refractivity contribution in [2.75, 3.05) is 24.5 Å². The van der Waals surface area contributed by atoms with E-state index in [1.807, 2.05) is 4.90 Å². The van der Waals surface area contributed by atoms with Crippen LogP contribution in [0.25, 0.3) is 0 Å². The summed E-state index contributed by atoms with van der Waals surface area (Å²) in [5.74, 6) is -0.316. The topological polar surface area (TPSA) is 23.6 Å². The fraction of sp³-hybridized carbons (Fsp3) is 0.278. The van der Waals surface area contributed by atoms with Gasteiger partial charge in [-0.2, -0.15) is 0 Å². The molecule has 0 radical (unpaired) electrons. The minimum absolute atomic E-state index is 0.00407. The van der Waals surface area contributed by atoms with Crippen molar-refractivity contribution in [3.8, 4) is 0 Å². The summed E-state index contributed by atoms with van der Waals surface area (Å²) in [6, 6.07) is 14.6. The minimum Gasteiger partial charge on any atom is -0.364 e. The number of amides is 1. The van der Waals surface area contributed by atoms with E-state index in [-0.39, 0.29) is 11.7 Å². The van der Waals surface area contributed by atoms with E-state index in [1.54, 1.807) is 12.1 Å². The van der Waals surface area contributed by atoms with Gasteiger partial charge in [-0.05, 0) is 42.3 Å². The number of benzene rings is 2. The Morgan fingerprint density at radius 3 is 2.64 bits per heavy atom. The first-order valence-corrected chi connectivity index (χ1v) is 7.62. The first-order valence-electron chi connectivity index (χ1n) is 7.62. The summed E-state index contributed by atoms with van der Waals surface area (Å²) < 4.78 is 13.0. The van der Waals surface area contributed by atoms with E-state index in [0.29, 0.717) is 18.2 Å². The Balaban J connectivity index is 1.52. The molecule has 1 unspecified atom stereocenters.